The Balaban J connectivity index is 2.06. The van der Waals surface area contributed by atoms with Crippen molar-refractivity contribution in [1.29, 1.82) is 0 Å². The molecule has 0 radical (unpaired) electrons. The molecule has 15 heavy (non-hydrogen) atoms. The highest BCUT2D eigenvalue weighted by Gasteiger charge is 2.44. The van der Waals surface area contributed by atoms with Crippen molar-refractivity contribution in [3.05, 3.63) is 0 Å². The van der Waals surface area contributed by atoms with Crippen LogP contribution in [0.1, 0.15) is 40.0 Å². The minimum atomic E-state index is 0.438. The molecule has 2 rings (SSSR count). The topological polar surface area (TPSA) is 12.5 Å². The summed E-state index contributed by atoms with van der Waals surface area (Å²) < 4.78 is 5.55. The lowest BCUT2D eigenvalue weighted by Gasteiger charge is -2.42. The highest BCUT2D eigenvalue weighted by molar-refractivity contribution is 4.98. The molecule has 1 saturated heterocycles. The van der Waals surface area contributed by atoms with Gasteiger partial charge in [0.2, 0.25) is 0 Å². The highest BCUT2D eigenvalue weighted by Crippen LogP contribution is 2.43. The fourth-order valence-corrected chi connectivity index (χ4v) is 3.31. The summed E-state index contributed by atoms with van der Waals surface area (Å²) in [5.74, 6) is 1.72. The zero-order chi connectivity index (χ0) is 10.9. The fraction of sp³-hybridized carbons (Fsp3) is 1.00. The maximum atomic E-state index is 5.55. The average molecular weight is 211 g/mol. The molecule has 2 nitrogen and oxygen atoms in total. The molecule has 0 aromatic carbocycles. The van der Waals surface area contributed by atoms with E-state index in [4.69, 9.17) is 4.74 Å². The van der Waals surface area contributed by atoms with Crippen LogP contribution >= 0.6 is 0 Å². The number of hydrogen-bond acceptors (Lipinski definition) is 2. The summed E-state index contributed by atoms with van der Waals surface area (Å²) in [4.78, 5) is 2.69. The van der Waals surface area contributed by atoms with E-state index in [-0.39, 0.29) is 0 Å². The Morgan fingerprint density at radius 2 is 2.00 bits per heavy atom. The van der Waals surface area contributed by atoms with Crippen molar-refractivity contribution >= 4 is 0 Å². The minimum Gasteiger partial charge on any atom is -0.380 e. The zero-order valence-electron chi connectivity index (χ0n) is 10.5. The number of ether oxygens (including phenoxy) is 1. The van der Waals surface area contributed by atoms with Crippen molar-refractivity contribution in [3.63, 3.8) is 0 Å². The largest absolute Gasteiger partial charge is 0.380 e. The van der Waals surface area contributed by atoms with Gasteiger partial charge in [-0.25, -0.2) is 0 Å². The van der Waals surface area contributed by atoms with E-state index in [2.05, 4.69) is 25.7 Å². The van der Waals surface area contributed by atoms with Crippen molar-refractivity contribution in [2.45, 2.75) is 45.6 Å². The van der Waals surface area contributed by atoms with Crippen molar-refractivity contribution in [2.24, 2.45) is 11.8 Å². The average Bonchev–Trinajstić information content (AvgIpc) is 2.53. The van der Waals surface area contributed by atoms with Crippen molar-refractivity contribution in [1.82, 2.24) is 4.90 Å². The lowest BCUT2D eigenvalue weighted by Crippen LogP contribution is -2.50. The van der Waals surface area contributed by atoms with Gasteiger partial charge in [-0.05, 0) is 38.0 Å². The Kier molecular flexibility index (Phi) is 3.36. The molecular weight excluding hydrogens is 186 g/mol. The Labute approximate surface area is 94.0 Å². The first-order valence-corrected chi connectivity index (χ1v) is 6.47. The van der Waals surface area contributed by atoms with Gasteiger partial charge < -0.3 is 4.74 Å². The van der Waals surface area contributed by atoms with Gasteiger partial charge in [0, 0.05) is 25.2 Å². The quantitative estimate of drug-likeness (QED) is 0.661. The van der Waals surface area contributed by atoms with Gasteiger partial charge in [-0.1, -0.05) is 13.8 Å². The number of hydrogen-bond donors (Lipinski definition) is 0. The summed E-state index contributed by atoms with van der Waals surface area (Å²) in [5.41, 5.74) is 0.438. The predicted molar refractivity (Wildman–Crippen MR) is 63.0 cm³/mol. The lowest BCUT2D eigenvalue weighted by atomic mass is 9.85. The third kappa shape index (κ3) is 2.07. The van der Waals surface area contributed by atoms with Crippen LogP contribution < -0.4 is 0 Å². The lowest BCUT2D eigenvalue weighted by molar-refractivity contribution is 0.0587. The number of rotatable bonds is 1. The van der Waals surface area contributed by atoms with Gasteiger partial charge in [0.25, 0.3) is 0 Å². The van der Waals surface area contributed by atoms with Gasteiger partial charge in [0.05, 0.1) is 6.61 Å². The maximum Gasteiger partial charge on any atom is 0.0593 e. The highest BCUT2D eigenvalue weighted by atomic mass is 16.5. The van der Waals surface area contributed by atoms with Crippen LogP contribution in [0.4, 0.5) is 0 Å². The molecule has 1 aliphatic carbocycles. The van der Waals surface area contributed by atoms with Gasteiger partial charge in [0.15, 0.2) is 0 Å². The van der Waals surface area contributed by atoms with E-state index in [0.29, 0.717) is 5.54 Å². The second kappa shape index (κ2) is 4.42. The predicted octanol–water partition coefficient (Wildman–Crippen LogP) is 2.53. The van der Waals surface area contributed by atoms with Gasteiger partial charge in [0.1, 0.15) is 0 Å². The molecule has 3 atom stereocenters. The Morgan fingerprint density at radius 3 is 2.67 bits per heavy atom. The van der Waals surface area contributed by atoms with Crippen LogP contribution in [0.5, 0.6) is 0 Å². The summed E-state index contributed by atoms with van der Waals surface area (Å²) >= 11 is 0. The van der Waals surface area contributed by atoms with Crippen LogP contribution in [-0.2, 0) is 4.74 Å². The molecule has 0 bridgehead atoms. The summed E-state index contributed by atoms with van der Waals surface area (Å²) in [6, 6.07) is 0. The minimum absolute atomic E-state index is 0.438. The molecule has 1 aliphatic heterocycles. The van der Waals surface area contributed by atoms with Crippen LogP contribution in [0.25, 0.3) is 0 Å². The molecule has 2 heteroatoms. The van der Waals surface area contributed by atoms with Crippen LogP contribution in [-0.4, -0.2) is 36.7 Å². The van der Waals surface area contributed by atoms with Crippen molar-refractivity contribution < 1.29 is 4.74 Å². The van der Waals surface area contributed by atoms with E-state index in [1.165, 1.54) is 25.8 Å². The monoisotopic (exact) mass is 211 g/mol. The molecule has 0 N–H and O–H groups in total. The van der Waals surface area contributed by atoms with E-state index in [1.807, 2.05) is 0 Å². The third-order valence-corrected chi connectivity index (χ3v) is 4.88. The molecule has 2 fully saturated rings. The van der Waals surface area contributed by atoms with E-state index < -0.39 is 0 Å². The van der Waals surface area contributed by atoms with Crippen LogP contribution in [0.15, 0.2) is 0 Å². The van der Waals surface area contributed by atoms with E-state index in [1.54, 1.807) is 0 Å². The molecule has 0 amide bonds. The third-order valence-electron chi connectivity index (χ3n) is 4.88. The molecule has 0 aromatic heterocycles. The zero-order valence-corrected chi connectivity index (χ0v) is 10.5. The van der Waals surface area contributed by atoms with Crippen molar-refractivity contribution in [2.75, 3.05) is 26.3 Å². The Bertz CT molecular complexity index is 211. The van der Waals surface area contributed by atoms with Crippen LogP contribution in [0.2, 0.25) is 0 Å². The van der Waals surface area contributed by atoms with E-state index in [9.17, 15) is 0 Å². The molecule has 1 saturated carbocycles. The Hall–Kier alpha value is -0.0800. The van der Waals surface area contributed by atoms with Gasteiger partial charge in [-0.2, -0.15) is 0 Å². The maximum absolute atomic E-state index is 5.55. The molecular formula is C13H25NO. The van der Waals surface area contributed by atoms with Crippen LogP contribution in [0, 0.1) is 11.8 Å². The summed E-state index contributed by atoms with van der Waals surface area (Å²) in [7, 11) is 0. The molecule has 2 aliphatic rings. The number of nitrogens with zero attached hydrogens (tertiary/aromatic N) is 1. The second-order valence-corrected chi connectivity index (χ2v) is 5.61. The summed E-state index contributed by atoms with van der Waals surface area (Å²) in [6.45, 7) is 11.6. The standard InChI is InChI=1S/C13H25NO/c1-11-5-6-13(3,12(11)2)14-7-4-9-15-10-8-14/h11-12H,4-10H2,1-3H3/t11-,12?,13-/m1/s1. The Morgan fingerprint density at radius 1 is 1.20 bits per heavy atom. The van der Waals surface area contributed by atoms with Crippen molar-refractivity contribution in [3.8, 4) is 0 Å². The first kappa shape index (κ1) is 11.4. The second-order valence-electron chi connectivity index (χ2n) is 5.61. The first-order valence-electron chi connectivity index (χ1n) is 6.47. The molecule has 0 spiro atoms. The molecule has 1 heterocycles. The summed E-state index contributed by atoms with van der Waals surface area (Å²) in [5, 5.41) is 0. The van der Waals surface area contributed by atoms with E-state index in [0.717, 1.165) is 31.6 Å². The smallest absolute Gasteiger partial charge is 0.0593 e. The molecule has 88 valence electrons. The van der Waals surface area contributed by atoms with E-state index >= 15 is 0 Å². The molecule has 1 unspecified atom stereocenters. The van der Waals surface area contributed by atoms with Gasteiger partial charge in [-0.3, -0.25) is 4.90 Å². The normalized spacial score (nSPS) is 44.2. The SMILES string of the molecule is CC1[C@H](C)CC[C@@]1(C)N1CCCOCC1. The fourth-order valence-electron chi connectivity index (χ4n) is 3.31. The first-order chi connectivity index (χ1) is 7.14. The molecule has 0 aromatic rings. The van der Waals surface area contributed by atoms with Gasteiger partial charge >= 0.3 is 0 Å². The van der Waals surface area contributed by atoms with Gasteiger partial charge in [-0.15, -0.1) is 0 Å². The van der Waals surface area contributed by atoms with Crippen LogP contribution in [0.3, 0.4) is 0 Å². The summed E-state index contributed by atoms with van der Waals surface area (Å²) in [6.07, 6.45) is 3.97.